The van der Waals surface area contributed by atoms with E-state index in [0.717, 1.165) is 18.8 Å². The molecular weight excluding hydrogens is 260 g/mol. The zero-order valence-electron chi connectivity index (χ0n) is 12.4. The number of unbranched alkanes of at least 4 members (excludes halogenated alkanes) is 3. The van der Waals surface area contributed by atoms with E-state index in [1.54, 1.807) is 0 Å². The van der Waals surface area contributed by atoms with Gasteiger partial charge in [0.15, 0.2) is 0 Å². The van der Waals surface area contributed by atoms with E-state index in [1.807, 2.05) is 0 Å². The molecule has 112 valence electrons. The fourth-order valence-corrected chi connectivity index (χ4v) is 2.06. The Morgan fingerprint density at radius 3 is 2.26 bits per heavy atom. The summed E-state index contributed by atoms with van der Waals surface area (Å²) in [7, 11) is 0. The van der Waals surface area contributed by atoms with Crippen molar-refractivity contribution < 1.29 is 9.59 Å². The summed E-state index contributed by atoms with van der Waals surface area (Å²) in [6, 6.07) is -0.526. The first kappa shape index (κ1) is 18.3. The average Bonchev–Trinajstić information content (AvgIpc) is 2.33. The van der Waals surface area contributed by atoms with Gasteiger partial charge < -0.3 is 10.6 Å². The molecule has 0 fully saturated rings. The average molecular weight is 288 g/mol. The summed E-state index contributed by atoms with van der Waals surface area (Å²) < 4.78 is 0. The lowest BCUT2D eigenvalue weighted by molar-refractivity contribution is -0.127. The van der Waals surface area contributed by atoms with Crippen LogP contribution in [0.25, 0.3) is 0 Å². The summed E-state index contributed by atoms with van der Waals surface area (Å²) in [6.45, 7) is 6.54. The van der Waals surface area contributed by atoms with Crippen LogP contribution in [-0.2, 0) is 9.59 Å². The maximum absolute atomic E-state index is 11.7. The molecule has 1 atom stereocenters. The Labute approximate surface area is 122 Å². The molecule has 4 nitrogen and oxygen atoms in total. The standard InChI is InChI=1S/C14H28N2O2S/c1-11(2)8-6-4-5-7-9-15-14(18)13(10-19)16-12(3)17/h11,13,19H,4-10H2,1-3H3,(H,15,18)(H,16,17). The molecule has 1 unspecified atom stereocenters. The molecule has 0 aromatic carbocycles. The summed E-state index contributed by atoms with van der Waals surface area (Å²) in [5, 5.41) is 5.41. The number of hydrogen-bond donors (Lipinski definition) is 3. The van der Waals surface area contributed by atoms with Crippen LogP contribution in [0.4, 0.5) is 0 Å². The Hall–Kier alpha value is -0.710. The van der Waals surface area contributed by atoms with Gasteiger partial charge in [-0.2, -0.15) is 12.6 Å². The molecule has 0 aliphatic heterocycles. The second kappa shape index (κ2) is 11.1. The van der Waals surface area contributed by atoms with Gasteiger partial charge in [0, 0.05) is 19.2 Å². The Kier molecular flexibility index (Phi) is 10.7. The molecule has 0 rings (SSSR count). The van der Waals surface area contributed by atoms with Crippen molar-refractivity contribution in [2.24, 2.45) is 5.92 Å². The molecule has 0 aliphatic rings. The monoisotopic (exact) mass is 288 g/mol. The predicted octanol–water partition coefficient (Wildman–Crippen LogP) is 2.14. The fraction of sp³-hybridized carbons (Fsp3) is 0.857. The number of rotatable bonds is 10. The molecule has 0 aromatic heterocycles. The first-order valence-corrected chi connectivity index (χ1v) is 7.76. The highest BCUT2D eigenvalue weighted by atomic mass is 32.1. The second-order valence-electron chi connectivity index (χ2n) is 5.32. The van der Waals surface area contributed by atoms with Gasteiger partial charge in [0.05, 0.1) is 0 Å². The molecule has 0 saturated heterocycles. The topological polar surface area (TPSA) is 58.2 Å². The number of nitrogens with one attached hydrogen (secondary N) is 2. The molecule has 0 radical (unpaired) electrons. The Bertz CT molecular complexity index is 270. The van der Waals surface area contributed by atoms with E-state index in [4.69, 9.17) is 0 Å². The molecular formula is C14H28N2O2S. The van der Waals surface area contributed by atoms with Crippen LogP contribution in [-0.4, -0.2) is 30.2 Å². The van der Waals surface area contributed by atoms with Gasteiger partial charge in [-0.05, 0) is 12.3 Å². The smallest absolute Gasteiger partial charge is 0.243 e. The van der Waals surface area contributed by atoms with Crippen molar-refractivity contribution in [2.45, 2.75) is 58.9 Å². The van der Waals surface area contributed by atoms with Gasteiger partial charge in [0.1, 0.15) is 6.04 Å². The van der Waals surface area contributed by atoms with E-state index >= 15 is 0 Å². The molecule has 2 amide bonds. The molecule has 0 bridgehead atoms. The molecule has 0 saturated carbocycles. The minimum Gasteiger partial charge on any atom is -0.354 e. The third kappa shape index (κ3) is 10.9. The third-order valence-corrected chi connectivity index (χ3v) is 3.25. The van der Waals surface area contributed by atoms with E-state index in [2.05, 4.69) is 37.1 Å². The van der Waals surface area contributed by atoms with Crippen molar-refractivity contribution in [2.75, 3.05) is 12.3 Å². The van der Waals surface area contributed by atoms with Gasteiger partial charge in [-0.3, -0.25) is 9.59 Å². The summed E-state index contributed by atoms with van der Waals surface area (Å²) in [4.78, 5) is 22.6. The van der Waals surface area contributed by atoms with Crippen LogP contribution < -0.4 is 10.6 Å². The Morgan fingerprint density at radius 1 is 1.11 bits per heavy atom. The highest BCUT2D eigenvalue weighted by molar-refractivity contribution is 7.80. The van der Waals surface area contributed by atoms with Gasteiger partial charge >= 0.3 is 0 Å². The summed E-state index contributed by atoms with van der Waals surface area (Å²) in [6.07, 6.45) is 5.88. The van der Waals surface area contributed by atoms with Crippen molar-refractivity contribution in [3.8, 4) is 0 Å². The highest BCUT2D eigenvalue weighted by Gasteiger charge is 2.16. The summed E-state index contributed by atoms with van der Waals surface area (Å²) >= 11 is 4.06. The van der Waals surface area contributed by atoms with Crippen molar-refractivity contribution in [3.63, 3.8) is 0 Å². The van der Waals surface area contributed by atoms with Gasteiger partial charge in [0.2, 0.25) is 11.8 Å². The van der Waals surface area contributed by atoms with Crippen LogP contribution in [0.3, 0.4) is 0 Å². The van der Waals surface area contributed by atoms with Crippen molar-refractivity contribution in [1.29, 1.82) is 0 Å². The highest BCUT2D eigenvalue weighted by Crippen LogP contribution is 2.08. The third-order valence-electron chi connectivity index (χ3n) is 2.88. The van der Waals surface area contributed by atoms with Gasteiger partial charge in [-0.25, -0.2) is 0 Å². The first-order chi connectivity index (χ1) is 8.97. The minimum absolute atomic E-state index is 0.146. The maximum atomic E-state index is 11.7. The van der Waals surface area contributed by atoms with Gasteiger partial charge in [-0.1, -0.05) is 39.5 Å². The van der Waals surface area contributed by atoms with Crippen molar-refractivity contribution in [1.82, 2.24) is 10.6 Å². The molecule has 0 heterocycles. The number of carbonyl (C=O) groups is 2. The zero-order valence-corrected chi connectivity index (χ0v) is 13.3. The quantitative estimate of drug-likeness (QED) is 0.426. The fourth-order valence-electron chi connectivity index (χ4n) is 1.81. The van der Waals surface area contributed by atoms with Gasteiger partial charge in [-0.15, -0.1) is 0 Å². The van der Waals surface area contributed by atoms with E-state index in [0.29, 0.717) is 12.3 Å². The normalized spacial score (nSPS) is 12.3. The maximum Gasteiger partial charge on any atom is 0.243 e. The van der Waals surface area contributed by atoms with E-state index in [9.17, 15) is 9.59 Å². The van der Waals surface area contributed by atoms with Crippen molar-refractivity contribution in [3.05, 3.63) is 0 Å². The Morgan fingerprint density at radius 2 is 1.74 bits per heavy atom. The molecule has 0 aromatic rings. The van der Waals surface area contributed by atoms with Crippen LogP contribution in [0.5, 0.6) is 0 Å². The molecule has 0 aliphatic carbocycles. The lowest BCUT2D eigenvalue weighted by atomic mass is 10.0. The van der Waals surface area contributed by atoms with Crippen LogP contribution in [0.15, 0.2) is 0 Å². The lowest BCUT2D eigenvalue weighted by Gasteiger charge is -2.15. The number of hydrogen-bond acceptors (Lipinski definition) is 3. The van der Waals surface area contributed by atoms with E-state index < -0.39 is 6.04 Å². The molecule has 2 N–H and O–H groups in total. The minimum atomic E-state index is -0.526. The summed E-state index contributed by atoms with van der Waals surface area (Å²) in [5.74, 6) is 0.739. The molecule has 5 heteroatoms. The molecule has 19 heavy (non-hydrogen) atoms. The van der Waals surface area contributed by atoms with Crippen LogP contribution in [0, 0.1) is 5.92 Å². The predicted molar refractivity (Wildman–Crippen MR) is 82.4 cm³/mol. The Balaban J connectivity index is 3.59. The van der Waals surface area contributed by atoms with Crippen LogP contribution in [0.1, 0.15) is 52.9 Å². The van der Waals surface area contributed by atoms with Crippen molar-refractivity contribution >= 4 is 24.4 Å². The zero-order chi connectivity index (χ0) is 14.7. The second-order valence-corrected chi connectivity index (χ2v) is 5.69. The van der Waals surface area contributed by atoms with Gasteiger partial charge in [0.25, 0.3) is 0 Å². The van der Waals surface area contributed by atoms with E-state index in [1.165, 1.54) is 26.2 Å². The SMILES string of the molecule is CC(=O)NC(CS)C(=O)NCCCCCCC(C)C. The number of thiol groups is 1. The van der Waals surface area contributed by atoms with E-state index in [-0.39, 0.29) is 11.8 Å². The number of amides is 2. The lowest BCUT2D eigenvalue weighted by Crippen LogP contribution is -2.47. The van der Waals surface area contributed by atoms with Crippen LogP contribution >= 0.6 is 12.6 Å². The number of carbonyl (C=O) groups excluding carboxylic acids is 2. The van der Waals surface area contributed by atoms with Crippen LogP contribution in [0.2, 0.25) is 0 Å². The molecule has 0 spiro atoms. The first-order valence-electron chi connectivity index (χ1n) is 7.13. The summed E-state index contributed by atoms with van der Waals surface area (Å²) in [5.41, 5.74) is 0. The largest absolute Gasteiger partial charge is 0.354 e.